The van der Waals surface area contributed by atoms with Crippen molar-refractivity contribution >= 4 is 27.5 Å². The number of carbonyl (C=O) groups excluding carboxylic acids is 1. The van der Waals surface area contributed by atoms with Crippen molar-refractivity contribution in [2.45, 2.75) is 44.5 Å². The molecule has 0 spiro atoms. The smallest absolute Gasteiger partial charge is 0.362 e. The van der Waals surface area contributed by atoms with Crippen molar-refractivity contribution in [2.75, 3.05) is 0 Å². The molecular weight excluding hydrogens is 377 g/mol. The summed E-state index contributed by atoms with van der Waals surface area (Å²) in [5, 5.41) is 14.0. The van der Waals surface area contributed by atoms with E-state index in [0.717, 1.165) is 6.42 Å². The Labute approximate surface area is 140 Å². The van der Waals surface area contributed by atoms with Gasteiger partial charge in [-0.2, -0.15) is 23.3 Å². The van der Waals surface area contributed by atoms with E-state index in [4.69, 9.17) is 0 Å². The quantitative estimate of drug-likeness (QED) is 0.838. The van der Waals surface area contributed by atoms with Crippen molar-refractivity contribution in [3.05, 3.63) is 34.3 Å². The summed E-state index contributed by atoms with van der Waals surface area (Å²) in [6, 6.07) is 5.94. The Hall–Kier alpha value is -1.41. The van der Waals surface area contributed by atoms with Gasteiger partial charge in [0.25, 0.3) is 11.6 Å². The van der Waals surface area contributed by atoms with Gasteiger partial charge in [0, 0.05) is 22.2 Å². The molecule has 2 rings (SSSR count). The highest BCUT2D eigenvalue weighted by atomic mass is 79.9. The average molecular weight is 393 g/mol. The topological polar surface area (TPSA) is 52.9 Å². The highest BCUT2D eigenvalue weighted by Gasteiger charge is 2.63. The molecule has 1 aliphatic heterocycles. The van der Waals surface area contributed by atoms with Crippen LogP contribution in [-0.2, 0) is 0 Å². The summed E-state index contributed by atoms with van der Waals surface area (Å²) in [4.78, 5) is 12.4. The first-order valence-electron chi connectivity index (χ1n) is 7.14. The minimum absolute atomic E-state index is 0.0162. The van der Waals surface area contributed by atoms with Gasteiger partial charge in [-0.25, -0.2) is 0 Å². The second-order valence-electron chi connectivity index (χ2n) is 5.39. The third-order valence-corrected chi connectivity index (χ3v) is 4.07. The van der Waals surface area contributed by atoms with Crippen LogP contribution in [0.3, 0.4) is 0 Å². The summed E-state index contributed by atoms with van der Waals surface area (Å²) in [5.74, 6) is -0.988. The number of rotatable bonds is 4. The van der Waals surface area contributed by atoms with Crippen LogP contribution in [0.15, 0.2) is 33.8 Å². The van der Waals surface area contributed by atoms with Crippen molar-refractivity contribution < 1.29 is 23.1 Å². The summed E-state index contributed by atoms with van der Waals surface area (Å²) in [6.07, 6.45) is -3.96. The zero-order valence-corrected chi connectivity index (χ0v) is 14.0. The second-order valence-corrected chi connectivity index (χ2v) is 6.30. The monoisotopic (exact) mass is 392 g/mol. The molecule has 1 aromatic rings. The van der Waals surface area contributed by atoms with Crippen LogP contribution in [-0.4, -0.2) is 33.6 Å². The third kappa shape index (κ3) is 3.58. The zero-order chi connectivity index (χ0) is 17.3. The molecule has 0 radical (unpaired) electrons. The van der Waals surface area contributed by atoms with Crippen LogP contribution in [0.1, 0.15) is 43.0 Å². The molecule has 1 aromatic carbocycles. The van der Waals surface area contributed by atoms with E-state index in [-0.39, 0.29) is 16.3 Å². The molecule has 0 unspecified atom stereocenters. The summed E-state index contributed by atoms with van der Waals surface area (Å²) >= 11 is 3.16. The fourth-order valence-electron chi connectivity index (χ4n) is 2.32. The maximum absolute atomic E-state index is 13.3. The van der Waals surface area contributed by atoms with Crippen molar-refractivity contribution in [1.29, 1.82) is 0 Å². The van der Waals surface area contributed by atoms with E-state index in [1.165, 1.54) is 18.2 Å². The van der Waals surface area contributed by atoms with Gasteiger partial charge >= 0.3 is 6.18 Å². The molecule has 0 fully saturated rings. The number of hydrazone groups is 1. The van der Waals surface area contributed by atoms with Crippen molar-refractivity contribution in [1.82, 2.24) is 5.01 Å². The number of nitrogens with zero attached hydrogens (tertiary/aromatic N) is 2. The van der Waals surface area contributed by atoms with Crippen LogP contribution in [0.4, 0.5) is 13.2 Å². The first kappa shape index (κ1) is 17.9. The van der Waals surface area contributed by atoms with Crippen LogP contribution in [0.25, 0.3) is 0 Å². The van der Waals surface area contributed by atoms with E-state index in [9.17, 15) is 23.1 Å². The van der Waals surface area contributed by atoms with Gasteiger partial charge in [0.2, 0.25) is 0 Å². The lowest BCUT2D eigenvalue weighted by atomic mass is 10.0. The first-order valence-corrected chi connectivity index (χ1v) is 7.94. The van der Waals surface area contributed by atoms with Crippen LogP contribution in [0.2, 0.25) is 0 Å². The molecule has 0 aliphatic carbocycles. The van der Waals surface area contributed by atoms with E-state index in [0.29, 0.717) is 17.3 Å². The Morgan fingerprint density at radius 2 is 2.17 bits per heavy atom. The number of halogens is 4. The van der Waals surface area contributed by atoms with Gasteiger partial charge in [-0.05, 0) is 31.0 Å². The molecule has 0 saturated carbocycles. The fraction of sp³-hybridized carbons (Fsp3) is 0.467. The lowest BCUT2D eigenvalue weighted by Gasteiger charge is -2.32. The largest absolute Gasteiger partial charge is 0.438 e. The minimum atomic E-state index is -4.99. The third-order valence-electron chi connectivity index (χ3n) is 3.58. The van der Waals surface area contributed by atoms with Gasteiger partial charge in [-0.1, -0.05) is 35.3 Å². The van der Waals surface area contributed by atoms with E-state index in [1.54, 1.807) is 6.07 Å². The molecule has 23 heavy (non-hydrogen) atoms. The number of hydrogen-bond donors (Lipinski definition) is 1. The van der Waals surface area contributed by atoms with E-state index in [1.807, 2.05) is 6.92 Å². The predicted molar refractivity (Wildman–Crippen MR) is 82.9 cm³/mol. The number of carbonyl (C=O) groups is 1. The Bertz CT molecular complexity index is 633. The van der Waals surface area contributed by atoms with Crippen molar-refractivity contribution in [3.63, 3.8) is 0 Å². The maximum atomic E-state index is 13.3. The van der Waals surface area contributed by atoms with Gasteiger partial charge in [-0.15, -0.1) is 0 Å². The summed E-state index contributed by atoms with van der Waals surface area (Å²) < 4.78 is 40.5. The Morgan fingerprint density at radius 3 is 2.74 bits per heavy atom. The number of amides is 1. The number of aliphatic hydroxyl groups is 1. The number of benzene rings is 1. The van der Waals surface area contributed by atoms with Crippen molar-refractivity contribution in [3.8, 4) is 0 Å². The molecule has 0 bridgehead atoms. The lowest BCUT2D eigenvalue weighted by Crippen LogP contribution is -2.56. The van der Waals surface area contributed by atoms with Crippen LogP contribution < -0.4 is 0 Å². The molecule has 0 aromatic heterocycles. The SMILES string of the molecule is CCCCC1=NN(C(=O)c2cccc(Br)c2)[C@](O)(C(F)(F)F)C1. The van der Waals surface area contributed by atoms with E-state index < -0.39 is 24.2 Å². The van der Waals surface area contributed by atoms with Gasteiger partial charge in [-0.3, -0.25) is 4.79 Å². The van der Waals surface area contributed by atoms with Crippen molar-refractivity contribution in [2.24, 2.45) is 5.10 Å². The van der Waals surface area contributed by atoms with Gasteiger partial charge in [0.15, 0.2) is 0 Å². The number of unbranched alkanes of at least 4 members (excludes halogenated alkanes) is 1. The summed E-state index contributed by atoms with van der Waals surface area (Å²) in [5.41, 5.74) is -3.10. The molecule has 126 valence electrons. The summed E-state index contributed by atoms with van der Waals surface area (Å²) in [6.45, 7) is 1.90. The average Bonchev–Trinajstić information content (AvgIpc) is 2.82. The van der Waals surface area contributed by atoms with Crippen LogP contribution in [0.5, 0.6) is 0 Å². The molecule has 0 saturated heterocycles. The number of hydrogen-bond acceptors (Lipinski definition) is 3. The van der Waals surface area contributed by atoms with Gasteiger partial charge in [0.1, 0.15) is 0 Å². The minimum Gasteiger partial charge on any atom is -0.362 e. The van der Waals surface area contributed by atoms with Gasteiger partial charge in [0.05, 0.1) is 0 Å². The van der Waals surface area contributed by atoms with Gasteiger partial charge < -0.3 is 5.11 Å². The van der Waals surface area contributed by atoms with Crippen LogP contribution in [0, 0.1) is 0 Å². The molecule has 1 atom stereocenters. The highest BCUT2D eigenvalue weighted by Crippen LogP contribution is 2.41. The predicted octanol–water partition coefficient (Wildman–Crippen LogP) is 4.09. The molecule has 8 heteroatoms. The Kier molecular flexibility index (Phi) is 5.15. The Balaban J connectivity index is 2.37. The normalized spacial score (nSPS) is 21.5. The van der Waals surface area contributed by atoms with E-state index in [2.05, 4.69) is 21.0 Å². The lowest BCUT2D eigenvalue weighted by molar-refractivity contribution is -0.297. The first-order chi connectivity index (χ1) is 10.7. The zero-order valence-electron chi connectivity index (χ0n) is 12.4. The van der Waals surface area contributed by atoms with Crippen LogP contribution >= 0.6 is 15.9 Å². The molecular formula is C15H16BrF3N2O2. The molecule has 4 nitrogen and oxygen atoms in total. The Morgan fingerprint density at radius 1 is 1.48 bits per heavy atom. The fourth-order valence-corrected chi connectivity index (χ4v) is 2.71. The number of alkyl halides is 3. The summed E-state index contributed by atoms with van der Waals surface area (Å²) in [7, 11) is 0. The standard InChI is InChI=1S/C15H16BrF3N2O2/c1-2-3-7-12-9-14(23,15(17,18)19)21(20-12)13(22)10-5-4-6-11(16)8-10/h4-6,8,23H,2-3,7,9H2,1H3/t14-/m1/s1. The molecule has 1 heterocycles. The molecule has 1 amide bonds. The molecule has 1 N–H and O–H groups in total. The van der Waals surface area contributed by atoms with E-state index >= 15 is 0 Å². The highest BCUT2D eigenvalue weighted by molar-refractivity contribution is 9.10. The second kappa shape index (κ2) is 6.60. The molecule has 1 aliphatic rings. The maximum Gasteiger partial charge on any atom is 0.438 e.